The lowest BCUT2D eigenvalue weighted by Crippen LogP contribution is -2.66. The van der Waals surface area contributed by atoms with E-state index in [2.05, 4.69) is 62.2 Å². The Hall–Kier alpha value is -1.82. The van der Waals surface area contributed by atoms with E-state index in [9.17, 15) is 5.11 Å². The summed E-state index contributed by atoms with van der Waals surface area (Å²) in [5.74, 6) is 1.69. The highest BCUT2D eigenvalue weighted by atomic mass is 79.9. The smallest absolute Gasteiger partial charge is 0.119 e. The van der Waals surface area contributed by atoms with Crippen molar-refractivity contribution in [3.05, 3.63) is 63.8 Å². The molecule has 5 heteroatoms. The highest BCUT2D eigenvalue weighted by molar-refractivity contribution is 9.10. The molecule has 1 saturated heterocycles. The topological polar surface area (TPSA) is 48.5 Å². The minimum Gasteiger partial charge on any atom is -0.497 e. The van der Waals surface area contributed by atoms with Gasteiger partial charge in [0.2, 0.25) is 0 Å². The minimum absolute atomic E-state index is 0.313. The predicted molar refractivity (Wildman–Crippen MR) is 127 cm³/mol. The summed E-state index contributed by atoms with van der Waals surface area (Å²) in [7, 11) is 1.72. The van der Waals surface area contributed by atoms with Gasteiger partial charge < -0.3 is 19.7 Å². The molecule has 2 N–H and O–H groups in total. The SMILES string of the molecule is COc1cccc(C23CCN(CC4CC4)CC2(O)Cc2c([nH]c4ccc(Br)cc24)C3)c1. The molecule has 31 heavy (non-hydrogen) atoms. The number of H-pyrrole nitrogens is 1. The van der Waals surface area contributed by atoms with Gasteiger partial charge in [0.25, 0.3) is 0 Å². The van der Waals surface area contributed by atoms with E-state index in [1.54, 1.807) is 7.11 Å². The lowest BCUT2D eigenvalue weighted by atomic mass is 9.56. The minimum atomic E-state index is -0.809. The molecular formula is C26H29BrN2O2. The maximum absolute atomic E-state index is 12.4. The molecular weight excluding hydrogens is 452 g/mol. The first kappa shape index (κ1) is 19.8. The van der Waals surface area contributed by atoms with Crippen LogP contribution >= 0.6 is 15.9 Å². The van der Waals surface area contributed by atoms with Crippen molar-refractivity contribution >= 4 is 26.8 Å². The van der Waals surface area contributed by atoms with E-state index in [1.807, 2.05) is 6.07 Å². The van der Waals surface area contributed by atoms with Gasteiger partial charge >= 0.3 is 0 Å². The predicted octanol–water partition coefficient (Wildman–Crippen LogP) is 4.82. The monoisotopic (exact) mass is 480 g/mol. The fourth-order valence-electron chi connectivity index (χ4n) is 6.14. The van der Waals surface area contributed by atoms with E-state index in [0.29, 0.717) is 6.42 Å². The Morgan fingerprint density at radius 3 is 2.87 bits per heavy atom. The van der Waals surface area contributed by atoms with Gasteiger partial charge in [0.05, 0.1) is 12.7 Å². The zero-order valence-corrected chi connectivity index (χ0v) is 19.5. The fourth-order valence-corrected chi connectivity index (χ4v) is 6.50. The Balaban J connectivity index is 1.49. The zero-order valence-electron chi connectivity index (χ0n) is 18.0. The molecule has 1 saturated carbocycles. The second-order valence-electron chi connectivity index (χ2n) is 9.90. The number of nitrogens with zero attached hydrogens (tertiary/aromatic N) is 1. The molecule has 2 heterocycles. The van der Waals surface area contributed by atoms with E-state index in [4.69, 9.17) is 4.74 Å². The third-order valence-electron chi connectivity index (χ3n) is 7.97. The van der Waals surface area contributed by atoms with Crippen LogP contribution in [0.1, 0.15) is 36.1 Å². The van der Waals surface area contributed by atoms with Crippen LogP contribution in [0.2, 0.25) is 0 Å². The maximum Gasteiger partial charge on any atom is 0.119 e. The lowest BCUT2D eigenvalue weighted by Gasteiger charge is -2.56. The summed E-state index contributed by atoms with van der Waals surface area (Å²) in [6.07, 6.45) is 5.15. The zero-order chi connectivity index (χ0) is 21.2. The Morgan fingerprint density at radius 2 is 2.06 bits per heavy atom. The number of halogens is 1. The number of aromatic nitrogens is 1. The maximum atomic E-state index is 12.4. The van der Waals surface area contributed by atoms with Gasteiger partial charge in [0.15, 0.2) is 0 Å². The highest BCUT2D eigenvalue weighted by Crippen LogP contribution is 2.52. The van der Waals surface area contributed by atoms with Crippen LogP contribution in [0.4, 0.5) is 0 Å². The average Bonchev–Trinajstić information content (AvgIpc) is 3.52. The van der Waals surface area contributed by atoms with Crippen molar-refractivity contribution in [2.45, 2.75) is 43.1 Å². The molecule has 0 amide bonds. The van der Waals surface area contributed by atoms with Crippen LogP contribution < -0.4 is 4.74 Å². The molecule has 1 aliphatic heterocycles. The van der Waals surface area contributed by atoms with Gasteiger partial charge in [-0.15, -0.1) is 0 Å². The molecule has 0 radical (unpaired) electrons. The number of fused-ring (bicyclic) bond motifs is 4. The van der Waals surface area contributed by atoms with Crippen LogP contribution in [-0.4, -0.2) is 47.3 Å². The third-order valence-corrected chi connectivity index (χ3v) is 8.46. The number of β-amino-alcohol motifs (C(OH)–C–C–N with tert-alkyl or cyclic N) is 1. The summed E-state index contributed by atoms with van der Waals surface area (Å²) < 4.78 is 6.64. The third kappa shape index (κ3) is 3.16. The van der Waals surface area contributed by atoms with E-state index in [-0.39, 0.29) is 5.41 Å². The molecule has 6 rings (SSSR count). The van der Waals surface area contributed by atoms with Crippen molar-refractivity contribution in [1.29, 1.82) is 0 Å². The standard InChI is InChI=1S/C26H29BrN2O2/c1-31-20-4-2-3-18(11-20)25-9-10-29(15-17-5-6-17)16-26(25,30)13-22-21-12-19(27)7-8-23(21)28-24(22)14-25/h2-4,7-8,11-12,17,28,30H,5-6,9-10,13-16H2,1H3. The van der Waals surface area contributed by atoms with Gasteiger partial charge in [-0.1, -0.05) is 28.1 Å². The summed E-state index contributed by atoms with van der Waals surface area (Å²) in [6.45, 7) is 2.90. The molecule has 1 aromatic heterocycles. The fraction of sp³-hybridized carbons (Fsp3) is 0.462. The average molecular weight is 481 g/mol. The first-order valence-electron chi connectivity index (χ1n) is 11.4. The number of rotatable bonds is 4. The van der Waals surface area contributed by atoms with Crippen LogP contribution in [0.3, 0.4) is 0 Å². The Kier molecular flexibility index (Phi) is 4.54. The van der Waals surface area contributed by atoms with Gasteiger partial charge in [0, 0.05) is 52.4 Å². The lowest BCUT2D eigenvalue weighted by molar-refractivity contribution is -0.103. The van der Waals surface area contributed by atoms with E-state index >= 15 is 0 Å². The second-order valence-corrected chi connectivity index (χ2v) is 10.8. The Bertz CT molecular complexity index is 1150. The number of methoxy groups -OCH3 is 1. The quantitative estimate of drug-likeness (QED) is 0.562. The van der Waals surface area contributed by atoms with E-state index < -0.39 is 5.60 Å². The van der Waals surface area contributed by atoms with Crippen LogP contribution in [0.15, 0.2) is 46.9 Å². The molecule has 3 aliphatic rings. The van der Waals surface area contributed by atoms with Gasteiger partial charge in [-0.25, -0.2) is 0 Å². The number of piperidine rings is 1. The molecule has 3 aromatic rings. The van der Waals surface area contributed by atoms with E-state index in [1.165, 1.54) is 35.0 Å². The number of likely N-dealkylation sites (tertiary alicyclic amines) is 1. The van der Waals surface area contributed by atoms with Gasteiger partial charge in [-0.2, -0.15) is 0 Å². The van der Waals surface area contributed by atoms with E-state index in [0.717, 1.165) is 54.1 Å². The molecule has 4 nitrogen and oxygen atoms in total. The molecule has 2 fully saturated rings. The molecule has 2 unspecified atom stereocenters. The Morgan fingerprint density at radius 1 is 1.19 bits per heavy atom. The number of benzene rings is 2. The number of hydrogen-bond acceptors (Lipinski definition) is 3. The molecule has 2 aromatic carbocycles. The Labute approximate surface area is 191 Å². The van der Waals surface area contributed by atoms with Gasteiger partial charge in [-0.05, 0) is 73.2 Å². The van der Waals surface area contributed by atoms with Crippen molar-refractivity contribution < 1.29 is 9.84 Å². The molecule has 2 aliphatic carbocycles. The van der Waals surface area contributed by atoms with Crippen LogP contribution in [0.5, 0.6) is 5.75 Å². The second kappa shape index (κ2) is 7.09. The van der Waals surface area contributed by atoms with Gasteiger partial charge in [0.1, 0.15) is 5.75 Å². The van der Waals surface area contributed by atoms with Crippen LogP contribution in [0.25, 0.3) is 10.9 Å². The van der Waals surface area contributed by atoms with Crippen molar-refractivity contribution in [2.24, 2.45) is 5.92 Å². The largest absolute Gasteiger partial charge is 0.497 e. The number of ether oxygens (including phenoxy) is 1. The number of aliphatic hydroxyl groups is 1. The van der Waals surface area contributed by atoms with Crippen molar-refractivity contribution in [2.75, 3.05) is 26.7 Å². The summed E-state index contributed by atoms with van der Waals surface area (Å²) >= 11 is 3.64. The number of nitrogens with one attached hydrogen (secondary N) is 1. The highest BCUT2D eigenvalue weighted by Gasteiger charge is 2.57. The van der Waals surface area contributed by atoms with Crippen LogP contribution in [0, 0.1) is 5.92 Å². The van der Waals surface area contributed by atoms with Crippen LogP contribution in [-0.2, 0) is 18.3 Å². The summed E-state index contributed by atoms with van der Waals surface area (Å²) in [5.41, 5.74) is 3.79. The summed E-state index contributed by atoms with van der Waals surface area (Å²) in [5, 5.41) is 13.7. The van der Waals surface area contributed by atoms with Crippen molar-refractivity contribution in [3.8, 4) is 5.75 Å². The summed E-state index contributed by atoms with van der Waals surface area (Å²) in [6, 6.07) is 14.8. The van der Waals surface area contributed by atoms with Crippen molar-refractivity contribution in [3.63, 3.8) is 0 Å². The molecule has 0 bridgehead atoms. The van der Waals surface area contributed by atoms with Crippen molar-refractivity contribution in [1.82, 2.24) is 9.88 Å². The molecule has 2 atom stereocenters. The summed E-state index contributed by atoms with van der Waals surface area (Å²) in [4.78, 5) is 6.21. The first-order chi connectivity index (χ1) is 15.0. The first-order valence-corrected chi connectivity index (χ1v) is 12.2. The normalized spacial score (nSPS) is 28.4. The molecule has 162 valence electrons. The molecule has 0 spiro atoms. The number of aromatic amines is 1. The van der Waals surface area contributed by atoms with Gasteiger partial charge in [-0.3, -0.25) is 0 Å². The number of hydrogen-bond donors (Lipinski definition) is 2.